The Kier molecular flexibility index (Phi) is 7.51. The molecule has 3 rings (SSSR count). The van der Waals surface area contributed by atoms with Crippen molar-refractivity contribution >= 4 is 57.5 Å². The number of hydrogen-bond acceptors (Lipinski definition) is 4. The van der Waals surface area contributed by atoms with Gasteiger partial charge in [0.25, 0.3) is 0 Å². The third kappa shape index (κ3) is 5.33. The maximum absolute atomic E-state index is 12.6. The van der Waals surface area contributed by atoms with Gasteiger partial charge in [0, 0.05) is 21.0 Å². The number of halogens is 2. The molecule has 1 amide bonds. The van der Waals surface area contributed by atoms with Crippen molar-refractivity contribution in [3.63, 3.8) is 0 Å². The predicted octanol–water partition coefficient (Wildman–Crippen LogP) is 7.03. The van der Waals surface area contributed by atoms with E-state index in [1.54, 1.807) is 24.3 Å². The first-order valence-corrected chi connectivity index (χ1v) is 11.9. The highest BCUT2D eigenvalue weighted by molar-refractivity contribution is 7.17. The summed E-state index contributed by atoms with van der Waals surface area (Å²) in [6.07, 6.45) is 6.88. The Morgan fingerprint density at radius 2 is 2.06 bits per heavy atom. The van der Waals surface area contributed by atoms with Crippen LogP contribution in [-0.4, -0.2) is 19.0 Å². The van der Waals surface area contributed by atoms with Crippen LogP contribution in [0.5, 0.6) is 0 Å². The van der Waals surface area contributed by atoms with Gasteiger partial charge in [-0.3, -0.25) is 4.79 Å². The van der Waals surface area contributed by atoms with Crippen LogP contribution in [0, 0.1) is 11.3 Å². The minimum atomic E-state index is -0.411. The second-order valence-corrected chi connectivity index (χ2v) is 10.4. The minimum absolute atomic E-state index is 0.233. The van der Waals surface area contributed by atoms with Crippen LogP contribution in [0.1, 0.15) is 60.0 Å². The van der Waals surface area contributed by atoms with E-state index in [0.29, 0.717) is 32.1 Å². The number of nitrogens with one attached hydrogen (secondary N) is 1. The zero-order valence-electron chi connectivity index (χ0n) is 18.2. The molecule has 7 heteroatoms. The van der Waals surface area contributed by atoms with Gasteiger partial charge in [0.2, 0.25) is 5.91 Å². The van der Waals surface area contributed by atoms with Gasteiger partial charge in [0.1, 0.15) is 5.00 Å². The summed E-state index contributed by atoms with van der Waals surface area (Å²) in [4.78, 5) is 26.3. The van der Waals surface area contributed by atoms with E-state index < -0.39 is 5.97 Å². The Balaban J connectivity index is 1.85. The molecule has 4 nitrogen and oxygen atoms in total. The van der Waals surface area contributed by atoms with Crippen molar-refractivity contribution in [1.82, 2.24) is 0 Å². The predicted molar refractivity (Wildman–Crippen MR) is 129 cm³/mol. The fourth-order valence-electron chi connectivity index (χ4n) is 3.90. The number of carbonyl (C=O) groups is 2. The van der Waals surface area contributed by atoms with E-state index in [9.17, 15) is 9.59 Å². The van der Waals surface area contributed by atoms with Gasteiger partial charge < -0.3 is 10.1 Å². The lowest BCUT2D eigenvalue weighted by Gasteiger charge is -2.36. The number of esters is 1. The number of carbonyl (C=O) groups excluding carboxylic acids is 2. The Labute approximate surface area is 197 Å². The Bertz CT molecular complexity index is 1030. The summed E-state index contributed by atoms with van der Waals surface area (Å²) in [6.45, 7) is 6.81. The molecule has 1 aliphatic carbocycles. The molecule has 1 unspecified atom stereocenters. The first-order valence-electron chi connectivity index (χ1n) is 10.3. The summed E-state index contributed by atoms with van der Waals surface area (Å²) in [5.41, 5.74) is 2.42. The SMILES string of the molecule is CCC(C)(C)C1CCc2c(sc(NC(=O)C=Cc3ccc(Cl)cc3Cl)c2C(=O)OC)C1. The fourth-order valence-corrected chi connectivity index (χ4v) is 5.69. The number of hydrogen-bond donors (Lipinski definition) is 1. The maximum Gasteiger partial charge on any atom is 0.341 e. The molecule has 2 aromatic rings. The molecule has 0 spiro atoms. The van der Waals surface area contributed by atoms with Gasteiger partial charge in [-0.15, -0.1) is 11.3 Å². The number of thiophene rings is 1. The van der Waals surface area contributed by atoms with E-state index >= 15 is 0 Å². The average molecular weight is 480 g/mol. The lowest BCUT2D eigenvalue weighted by Crippen LogP contribution is -2.28. The van der Waals surface area contributed by atoms with Crippen molar-refractivity contribution in [1.29, 1.82) is 0 Å². The van der Waals surface area contributed by atoms with Crippen molar-refractivity contribution in [2.24, 2.45) is 11.3 Å². The van der Waals surface area contributed by atoms with Gasteiger partial charge in [-0.25, -0.2) is 4.79 Å². The molecule has 166 valence electrons. The summed E-state index contributed by atoms with van der Waals surface area (Å²) in [5, 5.41) is 4.41. The zero-order valence-corrected chi connectivity index (χ0v) is 20.5. The molecule has 0 saturated carbocycles. The largest absolute Gasteiger partial charge is 0.465 e. The first-order chi connectivity index (χ1) is 14.7. The van der Waals surface area contributed by atoms with Crippen molar-refractivity contribution in [3.05, 3.63) is 55.9 Å². The molecule has 0 aliphatic heterocycles. The normalized spacial score (nSPS) is 16.3. The van der Waals surface area contributed by atoms with Crippen LogP contribution in [0.3, 0.4) is 0 Å². The average Bonchev–Trinajstić information content (AvgIpc) is 3.09. The van der Waals surface area contributed by atoms with Crippen molar-refractivity contribution in [3.8, 4) is 0 Å². The molecule has 1 atom stereocenters. The Hall–Kier alpha value is -1.82. The van der Waals surface area contributed by atoms with Crippen molar-refractivity contribution in [2.75, 3.05) is 12.4 Å². The molecule has 1 aromatic heterocycles. The lowest BCUT2D eigenvalue weighted by molar-refractivity contribution is -0.111. The molecule has 1 aromatic carbocycles. The monoisotopic (exact) mass is 479 g/mol. The Morgan fingerprint density at radius 1 is 1.32 bits per heavy atom. The van der Waals surface area contributed by atoms with E-state index in [4.69, 9.17) is 27.9 Å². The second kappa shape index (κ2) is 9.76. The summed E-state index contributed by atoms with van der Waals surface area (Å²) in [6, 6.07) is 5.08. The highest BCUT2D eigenvalue weighted by Crippen LogP contribution is 2.45. The van der Waals surface area contributed by atoms with Crippen LogP contribution in [0.15, 0.2) is 24.3 Å². The van der Waals surface area contributed by atoms with Crippen LogP contribution in [0.4, 0.5) is 5.00 Å². The third-order valence-corrected chi connectivity index (χ3v) is 8.02. The van der Waals surface area contributed by atoms with E-state index in [0.717, 1.165) is 31.2 Å². The van der Waals surface area contributed by atoms with Crippen LogP contribution >= 0.6 is 34.5 Å². The first kappa shape index (κ1) is 23.8. The number of fused-ring (bicyclic) bond motifs is 1. The standard InChI is InChI=1S/C24H27Cl2NO3S/c1-5-24(2,3)15-8-10-17-19(12-15)31-22(21(17)23(29)30-4)27-20(28)11-7-14-6-9-16(25)13-18(14)26/h6-7,9,11,13,15H,5,8,10,12H2,1-4H3,(H,27,28). The second-order valence-electron chi connectivity index (χ2n) is 8.47. The van der Waals surface area contributed by atoms with Crippen LogP contribution < -0.4 is 5.32 Å². The van der Waals surface area contributed by atoms with E-state index in [2.05, 4.69) is 26.1 Å². The van der Waals surface area contributed by atoms with E-state index in [-0.39, 0.29) is 11.3 Å². The van der Waals surface area contributed by atoms with Gasteiger partial charge in [0.05, 0.1) is 12.7 Å². The number of anilines is 1. The molecule has 31 heavy (non-hydrogen) atoms. The molecule has 0 fully saturated rings. The molecule has 0 radical (unpaired) electrons. The van der Waals surface area contributed by atoms with Crippen molar-refractivity contribution in [2.45, 2.75) is 46.5 Å². The number of amides is 1. The summed E-state index contributed by atoms with van der Waals surface area (Å²) >= 11 is 13.6. The van der Waals surface area contributed by atoms with Gasteiger partial charge in [0.15, 0.2) is 0 Å². The quantitative estimate of drug-likeness (QED) is 0.357. The zero-order chi connectivity index (χ0) is 22.8. The number of methoxy groups -OCH3 is 1. The van der Waals surface area contributed by atoms with E-state index in [1.807, 2.05) is 0 Å². The smallest absolute Gasteiger partial charge is 0.341 e. The number of benzene rings is 1. The van der Waals surface area contributed by atoms with Crippen LogP contribution in [0.2, 0.25) is 10.0 Å². The van der Waals surface area contributed by atoms with Gasteiger partial charge in [-0.05, 0) is 59.9 Å². The molecular formula is C24H27Cl2NO3S. The fraction of sp³-hybridized carbons (Fsp3) is 0.417. The number of ether oxygens (including phenoxy) is 1. The highest BCUT2D eigenvalue weighted by Gasteiger charge is 2.35. The topological polar surface area (TPSA) is 55.4 Å². The highest BCUT2D eigenvalue weighted by atomic mass is 35.5. The van der Waals surface area contributed by atoms with Crippen molar-refractivity contribution < 1.29 is 14.3 Å². The summed E-state index contributed by atoms with van der Waals surface area (Å²) < 4.78 is 5.02. The minimum Gasteiger partial charge on any atom is -0.465 e. The molecule has 1 N–H and O–H groups in total. The number of rotatable bonds is 6. The molecule has 0 saturated heterocycles. The van der Waals surface area contributed by atoms with Gasteiger partial charge in [-0.2, -0.15) is 0 Å². The summed E-state index contributed by atoms with van der Waals surface area (Å²) in [7, 11) is 1.37. The molecule has 1 heterocycles. The molecular weight excluding hydrogens is 453 g/mol. The lowest BCUT2D eigenvalue weighted by atomic mass is 9.69. The van der Waals surface area contributed by atoms with Gasteiger partial charge in [-0.1, -0.05) is 56.5 Å². The van der Waals surface area contributed by atoms with Crippen LogP contribution in [-0.2, 0) is 22.4 Å². The molecule has 1 aliphatic rings. The Morgan fingerprint density at radius 3 is 2.71 bits per heavy atom. The summed E-state index contributed by atoms with van der Waals surface area (Å²) in [5.74, 6) is -0.199. The van der Waals surface area contributed by atoms with Gasteiger partial charge >= 0.3 is 5.97 Å². The van der Waals surface area contributed by atoms with E-state index in [1.165, 1.54) is 29.4 Å². The molecule has 0 bridgehead atoms. The maximum atomic E-state index is 12.6. The van der Waals surface area contributed by atoms with Crippen LogP contribution in [0.25, 0.3) is 6.08 Å². The third-order valence-electron chi connectivity index (χ3n) is 6.28.